The van der Waals surface area contributed by atoms with Gasteiger partial charge in [-0.1, -0.05) is 12.2 Å². The highest BCUT2D eigenvalue weighted by molar-refractivity contribution is 14.1. The lowest BCUT2D eigenvalue weighted by molar-refractivity contribution is 0.0282. The third-order valence-electron chi connectivity index (χ3n) is 2.13. The summed E-state index contributed by atoms with van der Waals surface area (Å²) in [6.45, 7) is 0.943. The number of halogens is 1. The van der Waals surface area contributed by atoms with E-state index >= 15 is 0 Å². The van der Waals surface area contributed by atoms with Crippen LogP contribution in [0.15, 0.2) is 12.2 Å². The maximum atomic E-state index is 9.32. The number of hydrogen-bond donors (Lipinski definition) is 3. The molecule has 70 valence electrons. The lowest BCUT2D eigenvalue weighted by Gasteiger charge is -2.24. The van der Waals surface area contributed by atoms with Gasteiger partial charge in [-0.15, -0.1) is 0 Å². The first kappa shape index (κ1) is 10.4. The lowest BCUT2D eigenvalue weighted by Crippen LogP contribution is -2.30. The Morgan fingerprint density at radius 3 is 2.75 bits per heavy atom. The number of nitrogens with one attached hydrogen (secondary N) is 1. The molecule has 0 spiro atoms. The van der Waals surface area contributed by atoms with Gasteiger partial charge < -0.3 is 10.2 Å². The molecular formula is C8H14INO2. The molecule has 1 rings (SSSR count). The van der Waals surface area contributed by atoms with Crippen LogP contribution < -0.4 is 3.53 Å². The SMILES string of the molecule is OC1CC(CCNI)C=C[C@H]1O. The molecular weight excluding hydrogens is 269 g/mol. The van der Waals surface area contributed by atoms with Crippen LogP contribution >= 0.6 is 22.9 Å². The molecule has 0 aromatic carbocycles. The first-order valence-corrected chi connectivity index (χ1v) is 5.20. The smallest absolute Gasteiger partial charge is 0.0980 e. The number of hydrogen-bond acceptors (Lipinski definition) is 3. The van der Waals surface area contributed by atoms with Gasteiger partial charge in [-0.05, 0) is 18.8 Å². The van der Waals surface area contributed by atoms with Crippen molar-refractivity contribution >= 4 is 22.9 Å². The van der Waals surface area contributed by atoms with E-state index in [1.165, 1.54) is 0 Å². The van der Waals surface area contributed by atoms with Gasteiger partial charge in [-0.3, -0.25) is 3.53 Å². The van der Waals surface area contributed by atoms with Crippen molar-refractivity contribution in [2.24, 2.45) is 5.92 Å². The van der Waals surface area contributed by atoms with Crippen molar-refractivity contribution in [1.29, 1.82) is 0 Å². The minimum Gasteiger partial charge on any atom is -0.390 e. The lowest BCUT2D eigenvalue weighted by atomic mass is 9.90. The van der Waals surface area contributed by atoms with Crippen molar-refractivity contribution in [3.05, 3.63) is 12.2 Å². The average Bonchev–Trinajstić information content (AvgIpc) is 2.07. The fraction of sp³-hybridized carbons (Fsp3) is 0.750. The molecule has 3 atom stereocenters. The van der Waals surface area contributed by atoms with Crippen LogP contribution in [0.2, 0.25) is 0 Å². The van der Waals surface area contributed by atoms with Crippen molar-refractivity contribution in [3.8, 4) is 0 Å². The third kappa shape index (κ3) is 3.01. The number of allylic oxidation sites excluding steroid dienone is 1. The number of aliphatic hydroxyl groups is 2. The van der Waals surface area contributed by atoms with E-state index in [-0.39, 0.29) is 0 Å². The van der Waals surface area contributed by atoms with E-state index < -0.39 is 12.2 Å². The molecule has 0 saturated carbocycles. The van der Waals surface area contributed by atoms with Gasteiger partial charge in [0.25, 0.3) is 0 Å². The Kier molecular flexibility index (Phi) is 4.49. The normalized spacial score (nSPS) is 35.4. The molecule has 0 heterocycles. The van der Waals surface area contributed by atoms with Crippen LogP contribution in [0.3, 0.4) is 0 Å². The zero-order valence-corrected chi connectivity index (χ0v) is 8.94. The number of aliphatic hydroxyl groups excluding tert-OH is 2. The minimum absolute atomic E-state index is 0.408. The van der Waals surface area contributed by atoms with E-state index in [0.29, 0.717) is 12.3 Å². The molecule has 12 heavy (non-hydrogen) atoms. The quantitative estimate of drug-likeness (QED) is 0.404. The van der Waals surface area contributed by atoms with Crippen molar-refractivity contribution in [1.82, 2.24) is 3.53 Å². The van der Waals surface area contributed by atoms with Crippen LogP contribution in [0.4, 0.5) is 0 Å². The van der Waals surface area contributed by atoms with Crippen molar-refractivity contribution < 1.29 is 10.2 Å². The highest BCUT2D eigenvalue weighted by Crippen LogP contribution is 2.20. The zero-order valence-electron chi connectivity index (χ0n) is 6.78. The molecule has 0 aromatic heterocycles. The average molecular weight is 283 g/mol. The second-order valence-corrected chi connectivity index (χ2v) is 3.87. The molecule has 0 aliphatic heterocycles. The highest BCUT2D eigenvalue weighted by Gasteiger charge is 2.22. The Bertz CT molecular complexity index is 163. The molecule has 0 fully saturated rings. The zero-order chi connectivity index (χ0) is 8.97. The van der Waals surface area contributed by atoms with E-state index in [2.05, 4.69) is 26.4 Å². The summed E-state index contributed by atoms with van der Waals surface area (Å²) in [5.41, 5.74) is 0. The topological polar surface area (TPSA) is 52.5 Å². The Morgan fingerprint density at radius 1 is 1.42 bits per heavy atom. The first-order valence-electron chi connectivity index (χ1n) is 4.12. The van der Waals surface area contributed by atoms with Gasteiger partial charge in [0.05, 0.1) is 12.2 Å². The maximum Gasteiger partial charge on any atom is 0.0980 e. The molecule has 0 amide bonds. The molecule has 1 aliphatic carbocycles. The minimum atomic E-state index is -0.659. The van der Waals surface area contributed by atoms with Crippen LogP contribution in [-0.4, -0.2) is 29.0 Å². The molecule has 0 saturated heterocycles. The third-order valence-corrected chi connectivity index (χ3v) is 2.67. The van der Waals surface area contributed by atoms with Gasteiger partial charge in [0.15, 0.2) is 0 Å². The Hall–Kier alpha value is 0.350. The summed E-state index contributed by atoms with van der Waals surface area (Å²) >= 11 is 2.11. The molecule has 3 nitrogen and oxygen atoms in total. The monoisotopic (exact) mass is 283 g/mol. The van der Waals surface area contributed by atoms with Crippen LogP contribution in [0.25, 0.3) is 0 Å². The fourth-order valence-corrected chi connectivity index (χ4v) is 1.69. The van der Waals surface area contributed by atoms with Crippen molar-refractivity contribution in [3.63, 3.8) is 0 Å². The van der Waals surface area contributed by atoms with E-state index in [9.17, 15) is 5.11 Å². The summed E-state index contributed by atoms with van der Waals surface area (Å²) in [6.07, 6.45) is 4.14. The van der Waals surface area contributed by atoms with E-state index in [1.54, 1.807) is 6.08 Å². The molecule has 0 radical (unpaired) electrons. The van der Waals surface area contributed by atoms with Crippen LogP contribution in [0.1, 0.15) is 12.8 Å². The Morgan fingerprint density at radius 2 is 2.17 bits per heavy atom. The van der Waals surface area contributed by atoms with Gasteiger partial charge >= 0.3 is 0 Å². The molecule has 0 bridgehead atoms. The van der Waals surface area contributed by atoms with Crippen molar-refractivity contribution in [2.45, 2.75) is 25.0 Å². The van der Waals surface area contributed by atoms with Gasteiger partial charge in [0.2, 0.25) is 0 Å². The summed E-state index contributed by atoms with van der Waals surface area (Å²) in [5.74, 6) is 0.408. The fourth-order valence-electron chi connectivity index (χ4n) is 1.38. The van der Waals surface area contributed by atoms with Crippen LogP contribution in [0, 0.1) is 5.92 Å². The summed E-state index contributed by atoms with van der Waals surface area (Å²) in [5, 5.41) is 18.5. The first-order chi connectivity index (χ1) is 5.74. The summed E-state index contributed by atoms with van der Waals surface area (Å²) in [6, 6.07) is 0. The van der Waals surface area contributed by atoms with Gasteiger partial charge in [-0.25, -0.2) is 0 Å². The van der Waals surface area contributed by atoms with Crippen LogP contribution in [0.5, 0.6) is 0 Å². The molecule has 2 unspecified atom stereocenters. The van der Waals surface area contributed by atoms with E-state index in [1.807, 2.05) is 6.08 Å². The maximum absolute atomic E-state index is 9.32. The second kappa shape index (κ2) is 5.16. The molecule has 0 aromatic rings. The van der Waals surface area contributed by atoms with Crippen molar-refractivity contribution in [2.75, 3.05) is 6.54 Å². The Labute approximate surface area is 86.4 Å². The highest BCUT2D eigenvalue weighted by atomic mass is 127. The summed E-state index contributed by atoms with van der Waals surface area (Å²) in [7, 11) is 0. The summed E-state index contributed by atoms with van der Waals surface area (Å²) < 4.78 is 3.03. The van der Waals surface area contributed by atoms with Crippen LogP contribution in [-0.2, 0) is 0 Å². The summed E-state index contributed by atoms with van der Waals surface area (Å²) in [4.78, 5) is 0. The van der Waals surface area contributed by atoms with Gasteiger partial charge in [0.1, 0.15) is 0 Å². The van der Waals surface area contributed by atoms with E-state index in [0.717, 1.165) is 13.0 Å². The number of rotatable bonds is 3. The van der Waals surface area contributed by atoms with Gasteiger partial charge in [0, 0.05) is 29.4 Å². The van der Waals surface area contributed by atoms with E-state index in [4.69, 9.17) is 5.11 Å². The predicted octanol–water partition coefficient (Wildman–Crippen LogP) is 0.614. The molecule has 4 heteroatoms. The predicted molar refractivity (Wildman–Crippen MR) is 55.9 cm³/mol. The second-order valence-electron chi connectivity index (χ2n) is 3.11. The standard InChI is InChI=1S/C8H14INO2/c9-10-4-3-6-1-2-7(11)8(12)5-6/h1-2,6-8,10-12H,3-5H2/t6?,7-,8?/m1/s1. The molecule has 3 N–H and O–H groups in total. The van der Waals surface area contributed by atoms with Gasteiger partial charge in [-0.2, -0.15) is 0 Å². The Balaban J connectivity index is 2.33. The molecule has 1 aliphatic rings. The largest absolute Gasteiger partial charge is 0.390 e.